The molecule has 1 N–H and O–H groups in total. The Kier molecular flexibility index (Phi) is 9.39. The molecule has 2 heterocycles. The number of fused-ring (bicyclic) bond motifs is 1. The molecule has 41 heavy (non-hydrogen) atoms. The van der Waals surface area contributed by atoms with Crippen LogP contribution in [0, 0.1) is 17.4 Å². The number of ether oxygens (including phenoxy) is 1. The van der Waals surface area contributed by atoms with Gasteiger partial charge in [0.15, 0.2) is 13.7 Å². The summed E-state index contributed by atoms with van der Waals surface area (Å²) < 4.78 is 91.7. The predicted octanol–water partition coefficient (Wildman–Crippen LogP) is 5.01. The third kappa shape index (κ3) is 7.86. The van der Waals surface area contributed by atoms with Crippen molar-refractivity contribution in [3.63, 3.8) is 0 Å². The molecular formula is C26H23F3N3O6PS2. The highest BCUT2D eigenvalue weighted by molar-refractivity contribution is 7.92. The number of thiophene rings is 1. The molecule has 0 saturated heterocycles. The average molecular weight is 626 g/mol. The lowest BCUT2D eigenvalue weighted by Crippen LogP contribution is -2.29. The van der Waals surface area contributed by atoms with Crippen molar-refractivity contribution >= 4 is 39.0 Å². The maximum atomic E-state index is 14.2. The first kappa shape index (κ1) is 30.5. The molecule has 9 nitrogen and oxygen atoms in total. The first-order valence-corrected chi connectivity index (χ1v) is 16.2. The number of rotatable bonds is 12. The van der Waals surface area contributed by atoms with Crippen LogP contribution in [0.25, 0.3) is 10.1 Å². The van der Waals surface area contributed by atoms with E-state index in [9.17, 15) is 36.3 Å². The SMILES string of the molecule is N#Cc1cc(OCCCCN2C=C[C+]=CC2)cc2sc(S(=O)(=O)NCP(=O)([O-])Oc3ccccc3)c(C(F)(F)F)c12. The Morgan fingerprint density at radius 1 is 1.20 bits per heavy atom. The van der Waals surface area contributed by atoms with Gasteiger partial charge in [-0.2, -0.15) is 18.4 Å². The summed E-state index contributed by atoms with van der Waals surface area (Å²) in [4.78, 5) is 14.4. The Labute approximate surface area is 238 Å². The van der Waals surface area contributed by atoms with Crippen molar-refractivity contribution in [2.24, 2.45) is 0 Å². The summed E-state index contributed by atoms with van der Waals surface area (Å²) in [5.41, 5.74) is -1.98. The maximum Gasteiger partial charge on any atom is 0.419 e. The Morgan fingerprint density at radius 3 is 2.61 bits per heavy atom. The third-order valence-corrected chi connectivity index (χ3v) is 10.1. The van der Waals surface area contributed by atoms with Crippen LogP contribution >= 0.6 is 18.9 Å². The van der Waals surface area contributed by atoms with E-state index in [2.05, 4.69) is 11.0 Å². The lowest BCUT2D eigenvalue weighted by molar-refractivity contribution is -0.191. The van der Waals surface area contributed by atoms with Crippen molar-refractivity contribution in [3.8, 4) is 17.6 Å². The number of hydrogen-bond donors (Lipinski definition) is 1. The van der Waals surface area contributed by atoms with Crippen LogP contribution in [0.15, 0.2) is 65.0 Å². The van der Waals surface area contributed by atoms with Gasteiger partial charge >= 0.3 is 6.18 Å². The molecule has 15 heteroatoms. The Bertz CT molecular complexity index is 1650. The monoisotopic (exact) mass is 625 g/mol. The zero-order valence-corrected chi connectivity index (χ0v) is 23.8. The van der Waals surface area contributed by atoms with Crippen molar-refractivity contribution in [2.75, 3.05) is 26.0 Å². The van der Waals surface area contributed by atoms with Gasteiger partial charge in [0.05, 0.1) is 48.8 Å². The molecule has 0 spiro atoms. The minimum atomic E-state index is -5.17. The fourth-order valence-corrected chi connectivity index (χ4v) is 8.25. The van der Waals surface area contributed by atoms with E-state index >= 15 is 0 Å². The Hall–Kier alpha value is -3.43. The second-order valence-corrected chi connectivity index (χ2v) is 13.5. The number of nitriles is 1. The van der Waals surface area contributed by atoms with Crippen molar-refractivity contribution in [3.05, 3.63) is 78.0 Å². The zero-order valence-electron chi connectivity index (χ0n) is 21.3. The van der Waals surface area contributed by atoms with Gasteiger partial charge in [-0.3, -0.25) is 9.46 Å². The van der Waals surface area contributed by atoms with Crippen LogP contribution in [0.5, 0.6) is 11.5 Å². The first-order valence-electron chi connectivity index (χ1n) is 12.1. The molecule has 1 aliphatic heterocycles. The smallest absolute Gasteiger partial charge is 0.419 e. The molecule has 0 aliphatic carbocycles. The van der Waals surface area contributed by atoms with E-state index in [0.717, 1.165) is 25.6 Å². The van der Waals surface area contributed by atoms with Gasteiger partial charge in [-0.25, -0.2) is 13.1 Å². The molecular weight excluding hydrogens is 602 g/mol. The molecule has 0 saturated carbocycles. The molecule has 0 amide bonds. The summed E-state index contributed by atoms with van der Waals surface area (Å²) in [6.45, 7) is 1.73. The van der Waals surface area contributed by atoms with Gasteiger partial charge in [-0.05, 0) is 37.1 Å². The molecule has 4 rings (SSSR count). The summed E-state index contributed by atoms with van der Waals surface area (Å²) in [6.07, 6.45) is 3.51. The number of halogens is 3. The summed E-state index contributed by atoms with van der Waals surface area (Å²) >= 11 is 0.261. The van der Waals surface area contributed by atoms with E-state index in [0.29, 0.717) is 6.42 Å². The first-order chi connectivity index (χ1) is 19.4. The molecule has 0 radical (unpaired) electrons. The van der Waals surface area contributed by atoms with Crippen LogP contribution in [-0.4, -0.2) is 39.3 Å². The van der Waals surface area contributed by atoms with Gasteiger partial charge < -0.3 is 14.2 Å². The molecule has 1 atom stereocenters. The van der Waals surface area contributed by atoms with Crippen molar-refractivity contribution in [1.29, 1.82) is 5.26 Å². The van der Waals surface area contributed by atoms with Gasteiger partial charge in [0.2, 0.25) is 0 Å². The number of sulfonamides is 1. The predicted molar refractivity (Wildman–Crippen MR) is 145 cm³/mol. The van der Waals surface area contributed by atoms with Crippen molar-refractivity contribution in [2.45, 2.75) is 23.2 Å². The average Bonchev–Trinajstić information content (AvgIpc) is 3.34. The highest BCUT2D eigenvalue weighted by Gasteiger charge is 2.42. The minimum Gasteiger partial charge on any atom is -0.768 e. The van der Waals surface area contributed by atoms with Crippen molar-refractivity contribution < 1.29 is 40.3 Å². The molecule has 2 aromatic carbocycles. The molecule has 0 fully saturated rings. The normalized spacial score (nSPS) is 14.9. The van der Waals surface area contributed by atoms with Crippen LogP contribution in [0.1, 0.15) is 24.0 Å². The molecule has 0 bridgehead atoms. The number of alkyl halides is 3. The van der Waals surface area contributed by atoms with Crippen LogP contribution in [-0.2, 0) is 20.8 Å². The van der Waals surface area contributed by atoms with Crippen LogP contribution in [0.3, 0.4) is 0 Å². The fourth-order valence-electron chi connectivity index (χ4n) is 3.92. The van der Waals surface area contributed by atoms with E-state index in [1.165, 1.54) is 30.3 Å². The molecule has 1 aliphatic rings. The highest BCUT2D eigenvalue weighted by Crippen LogP contribution is 2.47. The molecule has 3 aromatic rings. The standard InChI is InChI=1S/C26H23F3N3O6PS2/c27-26(28,29)24-23-19(17-30)15-21(37-14-8-7-13-32-11-5-2-6-12-32)16-22(23)40-25(24)41(35,36)31-18-39(33,34)38-20-9-3-1-4-10-20/h1,3-6,9-11,15-16,31H,7-8,12-14,18H2. The van der Waals surface area contributed by atoms with Gasteiger partial charge in [0.25, 0.3) is 10.0 Å². The van der Waals surface area contributed by atoms with E-state index in [1.807, 2.05) is 12.3 Å². The summed E-state index contributed by atoms with van der Waals surface area (Å²) in [5.74, 6) is 0.0184. The molecule has 216 valence electrons. The zero-order chi connectivity index (χ0) is 29.7. The second-order valence-electron chi connectivity index (χ2n) is 8.78. The quantitative estimate of drug-likeness (QED) is 0.169. The van der Waals surface area contributed by atoms with Crippen LogP contribution < -0.4 is 18.9 Å². The number of para-hydroxylation sites is 1. The second kappa shape index (κ2) is 12.6. The Morgan fingerprint density at radius 2 is 1.95 bits per heavy atom. The maximum absolute atomic E-state index is 14.2. The number of hydrogen-bond acceptors (Lipinski definition) is 9. The van der Waals surface area contributed by atoms with Gasteiger partial charge in [-0.1, -0.05) is 18.2 Å². The number of nitrogens with one attached hydrogen (secondary N) is 1. The fraction of sp³-hybridized carbons (Fsp3) is 0.269. The van der Waals surface area contributed by atoms with Crippen LogP contribution in [0.2, 0.25) is 0 Å². The summed E-state index contributed by atoms with van der Waals surface area (Å²) in [6, 6.07) is 11.3. The van der Waals surface area contributed by atoms with Gasteiger partial charge in [0, 0.05) is 16.6 Å². The molecule has 1 aromatic heterocycles. The summed E-state index contributed by atoms with van der Waals surface area (Å²) in [7, 11) is -9.88. The Balaban J connectivity index is 1.54. The minimum absolute atomic E-state index is 0.0896. The topological polar surface area (TPSA) is 132 Å². The van der Waals surface area contributed by atoms with Gasteiger partial charge in [-0.15, -0.1) is 11.3 Å². The number of unbranched alkanes of at least 4 members (excludes halogenated alkanes) is 1. The number of allylic oxidation sites excluding steroid dienone is 2. The summed E-state index contributed by atoms with van der Waals surface area (Å²) in [5, 5.41) is 9.01. The lowest BCUT2D eigenvalue weighted by Gasteiger charge is -2.24. The third-order valence-electron chi connectivity index (χ3n) is 5.75. The van der Waals surface area contributed by atoms with E-state index in [4.69, 9.17) is 9.26 Å². The van der Waals surface area contributed by atoms with E-state index < -0.39 is 50.8 Å². The number of benzene rings is 2. The lowest BCUT2D eigenvalue weighted by atomic mass is 10.1. The largest absolute Gasteiger partial charge is 0.768 e. The van der Waals surface area contributed by atoms with Crippen molar-refractivity contribution in [1.82, 2.24) is 9.62 Å². The van der Waals surface area contributed by atoms with Gasteiger partial charge in [0.1, 0.15) is 21.9 Å². The molecule has 1 unspecified atom stereocenters. The van der Waals surface area contributed by atoms with Crippen LogP contribution in [0.4, 0.5) is 13.2 Å². The number of nitrogens with zero attached hydrogens (tertiary/aromatic N) is 2. The van der Waals surface area contributed by atoms with E-state index in [1.54, 1.807) is 22.9 Å². The van der Waals surface area contributed by atoms with E-state index in [-0.39, 0.29) is 34.1 Å². The highest BCUT2D eigenvalue weighted by atomic mass is 32.2.